The second-order valence-corrected chi connectivity index (χ2v) is 4.18. The molecular weight excluding hydrogens is 257 g/mol. The molecule has 0 fully saturated rings. The molecule has 0 amide bonds. The number of aryl methyl sites for hydroxylation is 1. The van der Waals surface area contributed by atoms with Crippen molar-refractivity contribution in [2.45, 2.75) is 13.8 Å². The zero-order valence-corrected chi connectivity index (χ0v) is 11.2. The maximum atomic E-state index is 13.1. The number of nitriles is 1. The molecule has 2 aromatic rings. The van der Waals surface area contributed by atoms with Crippen LogP contribution < -0.4 is 10.6 Å². The molecule has 2 N–H and O–H groups in total. The van der Waals surface area contributed by atoms with Crippen LogP contribution in [0.5, 0.6) is 0 Å². The van der Waals surface area contributed by atoms with Crippen molar-refractivity contribution in [1.29, 1.82) is 5.26 Å². The smallest absolute Gasteiger partial charge is 0.224 e. The van der Waals surface area contributed by atoms with Gasteiger partial charge in [0.1, 0.15) is 17.7 Å². The van der Waals surface area contributed by atoms with Gasteiger partial charge in [0.15, 0.2) is 0 Å². The van der Waals surface area contributed by atoms with Gasteiger partial charge in [-0.15, -0.1) is 0 Å². The minimum atomic E-state index is -0.445. The van der Waals surface area contributed by atoms with Crippen LogP contribution in [0.4, 0.5) is 21.8 Å². The van der Waals surface area contributed by atoms with Gasteiger partial charge >= 0.3 is 0 Å². The van der Waals surface area contributed by atoms with Gasteiger partial charge in [-0.1, -0.05) is 0 Å². The van der Waals surface area contributed by atoms with Crippen LogP contribution in [0, 0.1) is 24.1 Å². The van der Waals surface area contributed by atoms with Crippen molar-refractivity contribution < 1.29 is 4.39 Å². The lowest BCUT2D eigenvalue weighted by Crippen LogP contribution is -2.06. The summed E-state index contributed by atoms with van der Waals surface area (Å²) >= 11 is 0. The van der Waals surface area contributed by atoms with Crippen LogP contribution in [0.3, 0.4) is 0 Å². The highest BCUT2D eigenvalue weighted by Gasteiger charge is 2.08. The third-order valence-electron chi connectivity index (χ3n) is 2.66. The van der Waals surface area contributed by atoms with Crippen molar-refractivity contribution in [3.05, 3.63) is 41.3 Å². The van der Waals surface area contributed by atoms with Gasteiger partial charge in [0, 0.05) is 18.3 Å². The van der Waals surface area contributed by atoms with Gasteiger partial charge < -0.3 is 10.6 Å². The van der Waals surface area contributed by atoms with Crippen LogP contribution in [0.1, 0.15) is 18.1 Å². The number of nitrogens with zero attached hydrogens (tertiary/aromatic N) is 3. The standard InChI is InChI=1S/C14H14FN5/c1-3-17-14-18-8-9(2)13(20-14)19-12-5-4-11(15)6-10(12)7-16/h4-6,8H,3H2,1-2H3,(H2,17,18,19,20). The Hall–Kier alpha value is -2.68. The van der Waals surface area contributed by atoms with Crippen LogP contribution in [0.25, 0.3) is 0 Å². The Morgan fingerprint density at radius 3 is 2.90 bits per heavy atom. The van der Waals surface area contributed by atoms with Crippen molar-refractivity contribution in [1.82, 2.24) is 9.97 Å². The lowest BCUT2D eigenvalue weighted by molar-refractivity contribution is 0.627. The molecule has 0 atom stereocenters. The fourth-order valence-corrected chi connectivity index (χ4v) is 1.66. The van der Waals surface area contributed by atoms with Crippen LogP contribution in [0.2, 0.25) is 0 Å². The van der Waals surface area contributed by atoms with Gasteiger partial charge in [0.25, 0.3) is 0 Å². The zero-order valence-electron chi connectivity index (χ0n) is 11.2. The Labute approximate surface area is 116 Å². The summed E-state index contributed by atoms with van der Waals surface area (Å²) in [5.74, 6) is 0.639. The first-order valence-corrected chi connectivity index (χ1v) is 6.18. The molecule has 0 unspecified atom stereocenters. The average Bonchev–Trinajstić information content (AvgIpc) is 2.44. The summed E-state index contributed by atoms with van der Waals surface area (Å²) in [4.78, 5) is 8.46. The Bertz CT molecular complexity index is 663. The summed E-state index contributed by atoms with van der Waals surface area (Å²) in [5.41, 5.74) is 1.58. The van der Waals surface area contributed by atoms with Gasteiger partial charge in [-0.3, -0.25) is 0 Å². The van der Waals surface area contributed by atoms with Crippen LogP contribution in [-0.4, -0.2) is 16.5 Å². The lowest BCUT2D eigenvalue weighted by atomic mass is 10.2. The lowest BCUT2D eigenvalue weighted by Gasteiger charge is -2.11. The number of rotatable bonds is 4. The molecule has 0 radical (unpaired) electrons. The van der Waals surface area contributed by atoms with Gasteiger partial charge in [0.05, 0.1) is 11.3 Å². The molecule has 0 spiro atoms. The molecule has 1 aromatic carbocycles. The quantitative estimate of drug-likeness (QED) is 0.894. The van der Waals surface area contributed by atoms with E-state index in [2.05, 4.69) is 20.6 Å². The molecule has 0 aliphatic rings. The summed E-state index contributed by atoms with van der Waals surface area (Å²) in [6.07, 6.45) is 1.68. The molecule has 1 aromatic heterocycles. The van der Waals surface area contributed by atoms with Crippen molar-refractivity contribution in [3.8, 4) is 6.07 Å². The molecule has 0 saturated heterocycles. The Morgan fingerprint density at radius 2 is 2.20 bits per heavy atom. The molecule has 0 bridgehead atoms. The molecule has 102 valence electrons. The van der Waals surface area contributed by atoms with E-state index in [4.69, 9.17) is 5.26 Å². The molecule has 1 heterocycles. The first-order chi connectivity index (χ1) is 9.63. The van der Waals surface area contributed by atoms with Crippen molar-refractivity contribution >= 4 is 17.5 Å². The SMILES string of the molecule is CCNc1ncc(C)c(Nc2ccc(F)cc2C#N)n1. The molecule has 20 heavy (non-hydrogen) atoms. The fraction of sp³-hybridized carbons (Fsp3) is 0.214. The number of halogens is 1. The van der Waals surface area contributed by atoms with E-state index < -0.39 is 5.82 Å². The highest BCUT2D eigenvalue weighted by molar-refractivity contribution is 5.66. The molecule has 6 heteroatoms. The van der Waals surface area contributed by atoms with E-state index in [9.17, 15) is 4.39 Å². The second kappa shape index (κ2) is 5.97. The van der Waals surface area contributed by atoms with E-state index in [0.717, 1.165) is 5.56 Å². The van der Waals surface area contributed by atoms with E-state index in [1.165, 1.54) is 18.2 Å². The number of hydrogen-bond donors (Lipinski definition) is 2. The van der Waals surface area contributed by atoms with Gasteiger partial charge in [-0.2, -0.15) is 10.2 Å². The molecule has 5 nitrogen and oxygen atoms in total. The predicted octanol–water partition coefficient (Wildman–Crippen LogP) is 2.97. The summed E-state index contributed by atoms with van der Waals surface area (Å²) in [6, 6.07) is 5.95. The van der Waals surface area contributed by atoms with Crippen LogP contribution in [-0.2, 0) is 0 Å². The van der Waals surface area contributed by atoms with Crippen molar-refractivity contribution in [3.63, 3.8) is 0 Å². The van der Waals surface area contributed by atoms with Crippen LogP contribution >= 0.6 is 0 Å². The molecule has 0 aliphatic heterocycles. The first kappa shape index (κ1) is 13.7. The minimum Gasteiger partial charge on any atom is -0.354 e. The number of hydrogen-bond acceptors (Lipinski definition) is 5. The van der Waals surface area contributed by atoms with E-state index >= 15 is 0 Å². The Morgan fingerprint density at radius 1 is 1.40 bits per heavy atom. The van der Waals surface area contributed by atoms with E-state index in [-0.39, 0.29) is 5.56 Å². The molecule has 2 rings (SSSR count). The van der Waals surface area contributed by atoms with Gasteiger partial charge in [0.2, 0.25) is 5.95 Å². The Balaban J connectivity index is 2.34. The third kappa shape index (κ3) is 3.01. The fourth-order valence-electron chi connectivity index (χ4n) is 1.66. The molecule has 0 aliphatic carbocycles. The van der Waals surface area contributed by atoms with Crippen molar-refractivity contribution in [2.75, 3.05) is 17.2 Å². The minimum absolute atomic E-state index is 0.230. The highest BCUT2D eigenvalue weighted by atomic mass is 19.1. The van der Waals surface area contributed by atoms with E-state index in [1.807, 2.05) is 19.9 Å². The van der Waals surface area contributed by atoms with Crippen molar-refractivity contribution in [2.24, 2.45) is 0 Å². The largest absolute Gasteiger partial charge is 0.354 e. The predicted molar refractivity (Wildman–Crippen MR) is 75.3 cm³/mol. The number of nitrogens with one attached hydrogen (secondary N) is 2. The number of aromatic nitrogens is 2. The van der Waals surface area contributed by atoms with Gasteiger partial charge in [-0.05, 0) is 32.0 Å². The normalized spacial score (nSPS) is 9.90. The van der Waals surface area contributed by atoms with Gasteiger partial charge in [-0.25, -0.2) is 9.37 Å². The third-order valence-corrected chi connectivity index (χ3v) is 2.66. The summed E-state index contributed by atoms with van der Waals surface area (Å²) in [7, 11) is 0. The monoisotopic (exact) mass is 271 g/mol. The average molecular weight is 271 g/mol. The topological polar surface area (TPSA) is 73.6 Å². The summed E-state index contributed by atoms with van der Waals surface area (Å²) in [5, 5.41) is 15.1. The summed E-state index contributed by atoms with van der Waals surface area (Å²) < 4.78 is 13.1. The second-order valence-electron chi connectivity index (χ2n) is 4.18. The van der Waals surface area contributed by atoms with E-state index in [0.29, 0.717) is 24.0 Å². The number of benzene rings is 1. The Kier molecular flexibility index (Phi) is 4.11. The van der Waals surface area contributed by atoms with E-state index in [1.54, 1.807) is 6.20 Å². The highest BCUT2D eigenvalue weighted by Crippen LogP contribution is 2.22. The van der Waals surface area contributed by atoms with Crippen LogP contribution in [0.15, 0.2) is 24.4 Å². The molecular formula is C14H14FN5. The first-order valence-electron chi connectivity index (χ1n) is 6.18. The molecule has 0 saturated carbocycles. The maximum absolute atomic E-state index is 13.1. The zero-order chi connectivity index (χ0) is 14.5. The summed E-state index contributed by atoms with van der Waals surface area (Å²) in [6.45, 7) is 4.51. The maximum Gasteiger partial charge on any atom is 0.224 e. The number of anilines is 3.